The molecule has 11 heteroatoms. The normalized spacial score (nSPS) is 14.8. The van der Waals surface area contributed by atoms with Crippen LogP contribution in [0.25, 0.3) is 17.1 Å². The van der Waals surface area contributed by atoms with Gasteiger partial charge in [0.2, 0.25) is 11.9 Å². The fraction of sp³-hybridized carbons (Fsp3) is 0.360. The molecule has 1 aliphatic rings. The molecule has 0 unspecified atom stereocenters. The van der Waals surface area contributed by atoms with Crippen molar-refractivity contribution in [1.29, 1.82) is 0 Å². The van der Waals surface area contributed by atoms with Gasteiger partial charge in [-0.2, -0.15) is 23.1 Å². The molecule has 0 aliphatic carbocycles. The van der Waals surface area contributed by atoms with Crippen LogP contribution in [0.4, 0.5) is 23.5 Å². The number of hydrogen-bond acceptors (Lipinski definition) is 5. The van der Waals surface area contributed by atoms with Crippen LogP contribution < -0.4 is 15.9 Å². The summed E-state index contributed by atoms with van der Waals surface area (Å²) < 4.78 is 54.8. The standard InChI is InChI=1S/C25H25F4N5O2/c1-15(2)22(35)30-17-11-13-33(14-12-17)23-31-21(19-5-3-4-6-20(19)26)34(24(36)32-23)18-9-7-16(8-10-18)25(27,28)29/h3-10,15,17H,11-14H2,1-2H3,(H,30,35). The molecule has 0 atom stereocenters. The highest BCUT2D eigenvalue weighted by Crippen LogP contribution is 2.30. The zero-order chi connectivity index (χ0) is 26.0. The van der Waals surface area contributed by atoms with Gasteiger partial charge in [0, 0.05) is 25.0 Å². The summed E-state index contributed by atoms with van der Waals surface area (Å²) >= 11 is 0. The number of anilines is 1. The average Bonchev–Trinajstić information content (AvgIpc) is 2.84. The second-order valence-electron chi connectivity index (χ2n) is 8.91. The summed E-state index contributed by atoms with van der Waals surface area (Å²) in [6, 6.07) is 9.63. The van der Waals surface area contributed by atoms with Crippen LogP contribution in [0.15, 0.2) is 53.3 Å². The van der Waals surface area contributed by atoms with Gasteiger partial charge < -0.3 is 10.2 Å². The molecule has 0 bridgehead atoms. The molecular weight excluding hydrogens is 478 g/mol. The molecule has 36 heavy (non-hydrogen) atoms. The van der Waals surface area contributed by atoms with Crippen molar-refractivity contribution >= 4 is 11.9 Å². The number of hydrogen-bond donors (Lipinski definition) is 1. The number of nitrogens with zero attached hydrogens (tertiary/aromatic N) is 4. The number of carbonyl (C=O) groups is 1. The third-order valence-corrected chi connectivity index (χ3v) is 6.02. The Morgan fingerprint density at radius 1 is 1.03 bits per heavy atom. The second-order valence-corrected chi connectivity index (χ2v) is 8.91. The van der Waals surface area contributed by atoms with Crippen LogP contribution in [0.1, 0.15) is 32.3 Å². The topological polar surface area (TPSA) is 80.1 Å². The van der Waals surface area contributed by atoms with Gasteiger partial charge in [0.25, 0.3) is 0 Å². The Hall–Kier alpha value is -3.76. The molecule has 190 valence electrons. The first-order valence-corrected chi connectivity index (χ1v) is 11.5. The zero-order valence-corrected chi connectivity index (χ0v) is 19.7. The first-order chi connectivity index (χ1) is 17.0. The van der Waals surface area contributed by atoms with E-state index in [0.29, 0.717) is 25.9 Å². The Bertz CT molecular complexity index is 1300. The van der Waals surface area contributed by atoms with Gasteiger partial charge in [0.15, 0.2) is 5.82 Å². The number of piperidine rings is 1. The molecule has 4 rings (SSSR count). The number of halogens is 4. The Morgan fingerprint density at radius 3 is 2.25 bits per heavy atom. The van der Waals surface area contributed by atoms with Gasteiger partial charge in [-0.3, -0.25) is 4.79 Å². The monoisotopic (exact) mass is 503 g/mol. The van der Waals surface area contributed by atoms with Crippen molar-refractivity contribution < 1.29 is 22.4 Å². The largest absolute Gasteiger partial charge is 0.416 e. The lowest BCUT2D eigenvalue weighted by Crippen LogP contribution is -2.46. The molecule has 0 radical (unpaired) electrons. The lowest BCUT2D eigenvalue weighted by atomic mass is 10.0. The van der Waals surface area contributed by atoms with E-state index in [0.717, 1.165) is 28.8 Å². The second kappa shape index (κ2) is 10.1. The molecule has 1 aliphatic heterocycles. The Balaban J connectivity index is 1.70. The molecule has 3 aromatic rings. The van der Waals surface area contributed by atoms with Crippen LogP contribution in [0.3, 0.4) is 0 Å². The number of aromatic nitrogens is 3. The van der Waals surface area contributed by atoms with Crippen molar-refractivity contribution in [1.82, 2.24) is 19.9 Å². The summed E-state index contributed by atoms with van der Waals surface area (Å²) in [7, 11) is 0. The van der Waals surface area contributed by atoms with Gasteiger partial charge in [-0.05, 0) is 49.2 Å². The van der Waals surface area contributed by atoms with Crippen LogP contribution in [-0.2, 0) is 11.0 Å². The van der Waals surface area contributed by atoms with Crippen molar-refractivity contribution in [3.05, 3.63) is 70.4 Å². The Kier molecular flexibility index (Phi) is 7.09. The first kappa shape index (κ1) is 25.3. The summed E-state index contributed by atoms with van der Waals surface area (Å²) in [6.07, 6.45) is -3.32. The number of rotatable bonds is 5. The molecule has 2 aromatic carbocycles. The molecule has 1 amide bonds. The third-order valence-electron chi connectivity index (χ3n) is 6.02. The lowest BCUT2D eigenvalue weighted by Gasteiger charge is -2.33. The van der Waals surface area contributed by atoms with E-state index in [2.05, 4.69) is 15.3 Å². The van der Waals surface area contributed by atoms with Crippen molar-refractivity contribution in [2.45, 2.75) is 38.9 Å². The van der Waals surface area contributed by atoms with Crippen molar-refractivity contribution in [2.75, 3.05) is 18.0 Å². The number of nitrogens with one attached hydrogen (secondary N) is 1. The van der Waals surface area contributed by atoms with E-state index in [4.69, 9.17) is 0 Å². The number of benzene rings is 2. The predicted octanol–water partition coefficient (Wildman–Crippen LogP) is 4.19. The van der Waals surface area contributed by atoms with Gasteiger partial charge in [-0.15, -0.1) is 0 Å². The molecule has 0 spiro atoms. The molecule has 1 fully saturated rings. The van der Waals surface area contributed by atoms with Gasteiger partial charge in [0.05, 0.1) is 16.8 Å². The SMILES string of the molecule is CC(C)C(=O)NC1CCN(c2nc(-c3ccccc3F)n(-c3ccc(C(F)(F)F)cc3)c(=O)n2)CC1. The highest BCUT2D eigenvalue weighted by atomic mass is 19.4. The van der Waals surface area contributed by atoms with Crippen molar-refractivity contribution in [2.24, 2.45) is 5.92 Å². The fourth-order valence-electron chi connectivity index (χ4n) is 3.98. The predicted molar refractivity (Wildman–Crippen MR) is 126 cm³/mol. The van der Waals surface area contributed by atoms with E-state index in [-0.39, 0.29) is 40.9 Å². The van der Waals surface area contributed by atoms with Gasteiger partial charge in [-0.1, -0.05) is 26.0 Å². The summed E-state index contributed by atoms with van der Waals surface area (Å²) in [5.74, 6) is -0.788. The first-order valence-electron chi connectivity index (χ1n) is 11.5. The number of alkyl halides is 3. The molecular formula is C25H25F4N5O2. The van der Waals surface area contributed by atoms with Crippen molar-refractivity contribution in [3.63, 3.8) is 0 Å². The van der Waals surface area contributed by atoms with E-state index >= 15 is 0 Å². The molecule has 7 nitrogen and oxygen atoms in total. The molecule has 2 heterocycles. The van der Waals surface area contributed by atoms with E-state index in [1.54, 1.807) is 11.0 Å². The van der Waals surface area contributed by atoms with Crippen LogP contribution >= 0.6 is 0 Å². The minimum Gasteiger partial charge on any atom is -0.353 e. The van der Waals surface area contributed by atoms with Crippen LogP contribution in [0.2, 0.25) is 0 Å². The Morgan fingerprint density at radius 2 is 1.67 bits per heavy atom. The fourth-order valence-corrected chi connectivity index (χ4v) is 3.98. The molecule has 1 saturated heterocycles. The van der Waals surface area contributed by atoms with Crippen LogP contribution in [-0.4, -0.2) is 39.6 Å². The zero-order valence-electron chi connectivity index (χ0n) is 19.7. The van der Waals surface area contributed by atoms with Crippen LogP contribution in [0, 0.1) is 11.7 Å². The summed E-state index contributed by atoms with van der Waals surface area (Å²) in [5.41, 5.74) is -1.59. The van der Waals surface area contributed by atoms with Crippen LogP contribution in [0.5, 0.6) is 0 Å². The van der Waals surface area contributed by atoms with Gasteiger partial charge in [-0.25, -0.2) is 13.8 Å². The Labute approximate surface area is 204 Å². The van der Waals surface area contributed by atoms with E-state index in [1.807, 2.05) is 13.8 Å². The molecule has 0 saturated carbocycles. The van der Waals surface area contributed by atoms with Gasteiger partial charge in [0.1, 0.15) is 5.82 Å². The summed E-state index contributed by atoms with van der Waals surface area (Å²) in [4.78, 5) is 35.5. The van der Waals surface area contributed by atoms with E-state index in [9.17, 15) is 27.2 Å². The minimum absolute atomic E-state index is 0.0113. The molecule has 1 N–H and O–H groups in total. The van der Waals surface area contributed by atoms with Crippen molar-refractivity contribution in [3.8, 4) is 17.1 Å². The number of carbonyl (C=O) groups excluding carboxylic acids is 1. The highest BCUT2D eigenvalue weighted by molar-refractivity contribution is 5.78. The quantitative estimate of drug-likeness (QED) is 0.528. The maximum absolute atomic E-state index is 14.8. The van der Waals surface area contributed by atoms with E-state index < -0.39 is 23.2 Å². The summed E-state index contributed by atoms with van der Waals surface area (Å²) in [6.45, 7) is 4.55. The highest BCUT2D eigenvalue weighted by Gasteiger charge is 2.30. The minimum atomic E-state index is -4.54. The maximum atomic E-state index is 14.8. The molecule has 1 aromatic heterocycles. The van der Waals surface area contributed by atoms with Gasteiger partial charge >= 0.3 is 11.9 Å². The lowest BCUT2D eigenvalue weighted by molar-refractivity contribution is -0.137. The smallest absolute Gasteiger partial charge is 0.353 e. The summed E-state index contributed by atoms with van der Waals surface area (Å²) in [5, 5.41) is 2.99. The number of amides is 1. The third kappa shape index (κ3) is 5.39. The average molecular weight is 504 g/mol. The van der Waals surface area contributed by atoms with E-state index in [1.165, 1.54) is 18.2 Å². The maximum Gasteiger partial charge on any atom is 0.416 e.